The number of carbonyl (C=O) groups is 1. The first-order valence-electron chi connectivity index (χ1n) is 7.58. The van der Waals surface area contributed by atoms with E-state index in [1.807, 2.05) is 42.5 Å². The molecule has 1 heterocycles. The van der Waals surface area contributed by atoms with E-state index >= 15 is 0 Å². The number of rotatable bonds is 3. The highest BCUT2D eigenvalue weighted by Gasteiger charge is 2.18. The van der Waals surface area contributed by atoms with Gasteiger partial charge in [-0.25, -0.2) is 0 Å². The van der Waals surface area contributed by atoms with Gasteiger partial charge in [0.05, 0.1) is 17.9 Å². The summed E-state index contributed by atoms with van der Waals surface area (Å²) in [5.41, 5.74) is 5.45. The van der Waals surface area contributed by atoms with Gasteiger partial charge in [-0.1, -0.05) is 18.2 Å². The van der Waals surface area contributed by atoms with Crippen LogP contribution in [0, 0.1) is 13.8 Å². The van der Waals surface area contributed by atoms with Crippen molar-refractivity contribution in [1.82, 2.24) is 0 Å². The smallest absolute Gasteiger partial charge is 0.243 e. The van der Waals surface area contributed by atoms with E-state index in [1.165, 1.54) is 11.1 Å². The molecule has 0 fully saturated rings. The number of hydrogen-bond donors (Lipinski definition) is 2. The number of nitrogens with one attached hydrogen (secondary N) is 2. The normalized spacial score (nSPS) is 12.7. The molecule has 0 saturated heterocycles. The summed E-state index contributed by atoms with van der Waals surface area (Å²) in [5, 5.41) is 6.34. The maximum Gasteiger partial charge on any atom is 0.243 e. The molecule has 0 aromatic heterocycles. The van der Waals surface area contributed by atoms with Gasteiger partial charge in [0.25, 0.3) is 0 Å². The Morgan fingerprint density at radius 2 is 1.96 bits per heavy atom. The molecular weight excluding hydrogens is 310 g/mol. The van der Waals surface area contributed by atoms with Crippen LogP contribution in [0.2, 0.25) is 0 Å². The minimum absolute atomic E-state index is 0. The minimum atomic E-state index is 0. The molecule has 1 aliphatic rings. The van der Waals surface area contributed by atoms with Crippen LogP contribution in [0.15, 0.2) is 42.5 Å². The molecule has 1 amide bonds. The van der Waals surface area contributed by atoms with Gasteiger partial charge < -0.3 is 15.5 Å². The Bertz CT molecular complexity index is 702. The van der Waals surface area contributed by atoms with Crippen molar-refractivity contribution < 1.29 is 4.79 Å². The Balaban J connectivity index is 0.00000192. The van der Waals surface area contributed by atoms with Crippen LogP contribution < -0.4 is 15.5 Å². The van der Waals surface area contributed by atoms with Crippen LogP contribution in [-0.4, -0.2) is 25.5 Å². The molecule has 3 rings (SSSR count). The lowest BCUT2D eigenvalue weighted by Gasteiger charge is -2.31. The summed E-state index contributed by atoms with van der Waals surface area (Å²) in [6, 6.07) is 14.1. The van der Waals surface area contributed by atoms with Crippen LogP contribution in [0.5, 0.6) is 0 Å². The largest absolute Gasteiger partial charge is 0.382 e. The first kappa shape index (κ1) is 17.2. The number of para-hydroxylation sites is 2. The topological polar surface area (TPSA) is 44.4 Å². The lowest BCUT2D eigenvalue weighted by atomic mass is 10.1. The Morgan fingerprint density at radius 3 is 2.74 bits per heavy atom. The number of halogens is 1. The van der Waals surface area contributed by atoms with E-state index in [2.05, 4.69) is 29.4 Å². The van der Waals surface area contributed by atoms with Crippen LogP contribution in [0.4, 0.5) is 17.1 Å². The van der Waals surface area contributed by atoms with Crippen LogP contribution in [-0.2, 0) is 4.79 Å². The van der Waals surface area contributed by atoms with Crippen molar-refractivity contribution in [2.24, 2.45) is 0 Å². The minimum Gasteiger partial charge on any atom is -0.382 e. The van der Waals surface area contributed by atoms with E-state index in [0.717, 1.165) is 30.2 Å². The Morgan fingerprint density at radius 1 is 1.17 bits per heavy atom. The van der Waals surface area contributed by atoms with Gasteiger partial charge in [0.2, 0.25) is 5.91 Å². The molecule has 0 bridgehead atoms. The van der Waals surface area contributed by atoms with Crippen molar-refractivity contribution in [3.05, 3.63) is 53.6 Å². The number of carbonyl (C=O) groups excluding carboxylic acids is 1. The van der Waals surface area contributed by atoms with Gasteiger partial charge in [0.1, 0.15) is 0 Å². The molecule has 1 aliphatic heterocycles. The predicted octanol–water partition coefficient (Wildman–Crippen LogP) is 3.60. The van der Waals surface area contributed by atoms with Crippen LogP contribution >= 0.6 is 12.4 Å². The van der Waals surface area contributed by atoms with Gasteiger partial charge in [-0.15, -0.1) is 12.4 Å². The highest BCUT2D eigenvalue weighted by molar-refractivity contribution is 5.95. The molecule has 122 valence electrons. The summed E-state index contributed by atoms with van der Waals surface area (Å²) in [6.07, 6.45) is 0. The van der Waals surface area contributed by atoms with Gasteiger partial charge in [-0.05, 0) is 49.2 Å². The molecule has 0 atom stereocenters. The monoisotopic (exact) mass is 331 g/mol. The standard InChI is InChI=1S/C18H21N3O.ClH/c1-13-7-8-15(11-14(13)2)20-18(22)12-21-10-9-19-16-5-3-4-6-17(16)21;/h3-8,11,19H,9-10,12H2,1-2H3,(H,20,22);1H. The molecule has 2 aromatic rings. The Labute approximate surface area is 143 Å². The zero-order valence-corrected chi connectivity index (χ0v) is 14.2. The van der Waals surface area contributed by atoms with Gasteiger partial charge in [0.15, 0.2) is 0 Å². The van der Waals surface area contributed by atoms with Crippen molar-refractivity contribution in [1.29, 1.82) is 0 Å². The Hall–Kier alpha value is -2.20. The number of fused-ring (bicyclic) bond motifs is 1. The number of aryl methyl sites for hydroxylation is 2. The lowest BCUT2D eigenvalue weighted by Crippen LogP contribution is -2.39. The highest BCUT2D eigenvalue weighted by atomic mass is 35.5. The Kier molecular flexibility index (Phi) is 5.50. The second kappa shape index (κ2) is 7.38. The van der Waals surface area contributed by atoms with Crippen molar-refractivity contribution in [2.75, 3.05) is 35.2 Å². The third-order valence-electron chi connectivity index (χ3n) is 4.07. The summed E-state index contributed by atoms with van der Waals surface area (Å²) in [7, 11) is 0. The quantitative estimate of drug-likeness (QED) is 0.903. The fourth-order valence-corrected chi connectivity index (χ4v) is 2.70. The van der Waals surface area contributed by atoms with Crippen molar-refractivity contribution >= 4 is 35.4 Å². The molecule has 0 spiro atoms. The van der Waals surface area contributed by atoms with Crippen molar-refractivity contribution in [2.45, 2.75) is 13.8 Å². The van der Waals surface area contributed by atoms with Crippen LogP contribution in [0.1, 0.15) is 11.1 Å². The summed E-state index contributed by atoms with van der Waals surface area (Å²) in [4.78, 5) is 14.4. The van der Waals surface area contributed by atoms with Gasteiger partial charge >= 0.3 is 0 Å². The predicted molar refractivity (Wildman–Crippen MR) is 98.9 cm³/mol. The summed E-state index contributed by atoms with van der Waals surface area (Å²) < 4.78 is 0. The second-order valence-corrected chi connectivity index (χ2v) is 5.71. The fourth-order valence-electron chi connectivity index (χ4n) is 2.70. The summed E-state index contributed by atoms with van der Waals surface area (Å²) in [5.74, 6) is 0.0138. The number of hydrogen-bond acceptors (Lipinski definition) is 3. The number of amides is 1. The van der Waals surface area contributed by atoms with E-state index in [1.54, 1.807) is 0 Å². The van der Waals surface area contributed by atoms with E-state index in [-0.39, 0.29) is 18.3 Å². The molecule has 0 saturated carbocycles. The zero-order chi connectivity index (χ0) is 15.5. The molecule has 2 aromatic carbocycles. The maximum absolute atomic E-state index is 12.3. The molecule has 5 heteroatoms. The van der Waals surface area contributed by atoms with E-state index in [9.17, 15) is 4.79 Å². The zero-order valence-electron chi connectivity index (χ0n) is 13.4. The molecule has 0 aliphatic carbocycles. The molecular formula is C18H22ClN3O. The van der Waals surface area contributed by atoms with E-state index in [0.29, 0.717) is 6.54 Å². The number of anilines is 3. The van der Waals surface area contributed by atoms with E-state index in [4.69, 9.17) is 0 Å². The summed E-state index contributed by atoms with van der Waals surface area (Å²) >= 11 is 0. The molecule has 4 nitrogen and oxygen atoms in total. The molecule has 0 radical (unpaired) electrons. The lowest BCUT2D eigenvalue weighted by molar-refractivity contribution is -0.115. The van der Waals surface area contributed by atoms with Crippen molar-refractivity contribution in [3.63, 3.8) is 0 Å². The molecule has 0 unspecified atom stereocenters. The first-order chi connectivity index (χ1) is 10.6. The van der Waals surface area contributed by atoms with Crippen LogP contribution in [0.3, 0.4) is 0 Å². The van der Waals surface area contributed by atoms with Crippen molar-refractivity contribution in [3.8, 4) is 0 Å². The maximum atomic E-state index is 12.3. The molecule has 23 heavy (non-hydrogen) atoms. The van der Waals surface area contributed by atoms with Gasteiger partial charge in [-0.3, -0.25) is 4.79 Å². The van der Waals surface area contributed by atoms with Gasteiger partial charge in [-0.2, -0.15) is 0 Å². The van der Waals surface area contributed by atoms with Crippen LogP contribution in [0.25, 0.3) is 0 Å². The third kappa shape index (κ3) is 3.96. The summed E-state index contributed by atoms with van der Waals surface area (Å²) in [6.45, 7) is 6.17. The highest BCUT2D eigenvalue weighted by Crippen LogP contribution is 2.28. The molecule has 2 N–H and O–H groups in total. The third-order valence-corrected chi connectivity index (χ3v) is 4.07. The van der Waals surface area contributed by atoms with E-state index < -0.39 is 0 Å². The SMILES string of the molecule is Cc1ccc(NC(=O)CN2CCNc3ccccc32)cc1C.Cl. The first-order valence-corrected chi connectivity index (χ1v) is 7.58. The fraction of sp³-hybridized carbons (Fsp3) is 0.278. The average Bonchev–Trinajstić information content (AvgIpc) is 2.51. The van der Waals surface area contributed by atoms with Gasteiger partial charge in [0, 0.05) is 18.8 Å². The number of benzene rings is 2. The second-order valence-electron chi connectivity index (χ2n) is 5.71. The average molecular weight is 332 g/mol. The number of nitrogens with zero attached hydrogens (tertiary/aromatic N) is 1.